The third-order valence-corrected chi connectivity index (χ3v) is 7.09. The third-order valence-electron chi connectivity index (χ3n) is 7.09. The van der Waals surface area contributed by atoms with Gasteiger partial charge in [0.1, 0.15) is 11.6 Å². The van der Waals surface area contributed by atoms with Crippen LogP contribution >= 0.6 is 0 Å². The lowest BCUT2D eigenvalue weighted by Crippen LogP contribution is -2.38. The quantitative estimate of drug-likeness (QED) is 0.398. The predicted molar refractivity (Wildman–Crippen MR) is 134 cm³/mol. The number of allylic oxidation sites excluding steroid dienone is 1. The molecule has 36 heavy (non-hydrogen) atoms. The summed E-state index contributed by atoms with van der Waals surface area (Å²) in [6.45, 7) is 3.30. The van der Waals surface area contributed by atoms with Gasteiger partial charge in [-0.25, -0.2) is 18.4 Å². The van der Waals surface area contributed by atoms with Crippen molar-refractivity contribution in [3.63, 3.8) is 0 Å². The Morgan fingerprint density at radius 2 is 1.97 bits per heavy atom. The molecule has 1 fully saturated rings. The first-order chi connectivity index (χ1) is 17.3. The van der Waals surface area contributed by atoms with Crippen LogP contribution in [0.25, 0.3) is 22.8 Å². The van der Waals surface area contributed by atoms with E-state index in [9.17, 15) is 13.6 Å². The molecule has 184 valence electrons. The number of nitrogens with two attached hydrogens (primary N) is 1. The van der Waals surface area contributed by atoms with Gasteiger partial charge in [0.05, 0.1) is 28.5 Å². The zero-order chi connectivity index (χ0) is 25.0. The van der Waals surface area contributed by atoms with E-state index in [1.54, 1.807) is 4.68 Å². The molecule has 7 nitrogen and oxygen atoms in total. The van der Waals surface area contributed by atoms with Crippen molar-refractivity contribution in [1.29, 1.82) is 0 Å². The highest BCUT2D eigenvalue weighted by Crippen LogP contribution is 2.32. The number of Topliss-reactive ketones (excluding diaryl/α,β-unsaturated/α-hetero) is 1. The molecule has 0 unspecified atom stereocenters. The highest BCUT2D eigenvalue weighted by atomic mass is 19.3. The number of nitrogens with one attached hydrogen (secondary N) is 1. The first-order valence-corrected chi connectivity index (χ1v) is 12.0. The molecule has 3 heterocycles. The van der Waals surface area contributed by atoms with Gasteiger partial charge in [-0.05, 0) is 47.9 Å². The number of anilines is 1. The number of H-pyrrole nitrogens is 1. The zero-order valence-corrected chi connectivity index (χ0v) is 19.9. The van der Waals surface area contributed by atoms with Gasteiger partial charge in [0.2, 0.25) is 0 Å². The first kappa shape index (κ1) is 22.6. The number of aromatic nitrogens is 4. The standard InChI is InChI=1S/C27H26F2N6O/c1-16-32-23-5-4-21(13-24(23)33-16)35-26(30)22(14-31-35)25(36)20-11-18-3-2-17(10-19(18)12-20)15-34-8-6-27(28,29)7-9-34/h2-5,10,12-14H,6-9,11,15,30H2,1H3,(H,32,33). The van der Waals surface area contributed by atoms with Crippen molar-refractivity contribution in [2.75, 3.05) is 18.8 Å². The van der Waals surface area contributed by atoms with Gasteiger partial charge in [-0.1, -0.05) is 18.2 Å². The van der Waals surface area contributed by atoms with E-state index < -0.39 is 5.92 Å². The van der Waals surface area contributed by atoms with E-state index in [1.807, 2.05) is 43.3 Å². The molecule has 0 spiro atoms. The average molecular weight is 489 g/mol. The Hall–Kier alpha value is -3.85. The van der Waals surface area contributed by atoms with Crippen molar-refractivity contribution in [2.24, 2.45) is 0 Å². The normalized spacial score (nSPS) is 17.4. The molecular formula is C27H26F2N6O. The number of nitrogens with zero attached hydrogens (tertiary/aromatic N) is 4. The molecular weight excluding hydrogens is 462 g/mol. The average Bonchev–Trinajstić information content (AvgIpc) is 3.54. The van der Waals surface area contributed by atoms with Crippen molar-refractivity contribution in [3.05, 3.63) is 76.2 Å². The van der Waals surface area contributed by atoms with Crippen LogP contribution in [0, 0.1) is 6.92 Å². The summed E-state index contributed by atoms with van der Waals surface area (Å²) in [5, 5.41) is 4.38. The Labute approximate surface area is 206 Å². The Kier molecular flexibility index (Phi) is 5.26. The lowest BCUT2D eigenvalue weighted by atomic mass is 10.0. The number of hydrogen-bond donors (Lipinski definition) is 2. The molecule has 2 aromatic heterocycles. The van der Waals surface area contributed by atoms with E-state index in [-0.39, 0.29) is 24.4 Å². The number of hydrogen-bond acceptors (Lipinski definition) is 5. The summed E-state index contributed by atoms with van der Waals surface area (Å²) < 4.78 is 28.5. The number of carbonyl (C=O) groups excluding carboxylic acids is 1. The van der Waals surface area contributed by atoms with Crippen LogP contribution in [-0.4, -0.2) is 49.4 Å². The number of nitrogen functional groups attached to an aromatic ring is 1. The van der Waals surface area contributed by atoms with Crippen LogP contribution in [0.5, 0.6) is 0 Å². The van der Waals surface area contributed by atoms with Gasteiger partial charge in [-0.2, -0.15) is 5.10 Å². The summed E-state index contributed by atoms with van der Waals surface area (Å²) in [5.74, 6) is -1.59. The number of ketones is 1. The molecule has 0 bridgehead atoms. The second-order valence-electron chi connectivity index (χ2n) is 9.72. The minimum atomic E-state index is -2.55. The van der Waals surface area contributed by atoms with Crippen LogP contribution in [0.15, 0.2) is 48.2 Å². The molecule has 1 aliphatic heterocycles. The second-order valence-corrected chi connectivity index (χ2v) is 9.72. The molecule has 2 aromatic carbocycles. The highest BCUT2D eigenvalue weighted by molar-refractivity contribution is 6.15. The van der Waals surface area contributed by atoms with E-state index in [0.29, 0.717) is 37.2 Å². The van der Waals surface area contributed by atoms with Crippen LogP contribution in [0.2, 0.25) is 0 Å². The fourth-order valence-corrected chi connectivity index (χ4v) is 5.09. The number of carbonyl (C=O) groups is 1. The monoisotopic (exact) mass is 488 g/mol. The van der Waals surface area contributed by atoms with Gasteiger partial charge in [0.25, 0.3) is 5.92 Å². The third kappa shape index (κ3) is 4.09. The van der Waals surface area contributed by atoms with Gasteiger partial charge in [0.15, 0.2) is 5.78 Å². The molecule has 0 saturated carbocycles. The van der Waals surface area contributed by atoms with Crippen LogP contribution in [-0.2, 0) is 13.0 Å². The molecule has 6 rings (SSSR count). The van der Waals surface area contributed by atoms with Crippen molar-refractivity contribution in [2.45, 2.75) is 38.7 Å². The summed E-state index contributed by atoms with van der Waals surface area (Å²) >= 11 is 0. The van der Waals surface area contributed by atoms with Crippen molar-refractivity contribution in [3.8, 4) is 5.69 Å². The summed E-state index contributed by atoms with van der Waals surface area (Å²) in [6, 6.07) is 11.8. The topological polar surface area (TPSA) is 92.8 Å². The number of fused-ring (bicyclic) bond motifs is 2. The van der Waals surface area contributed by atoms with E-state index in [0.717, 1.165) is 39.2 Å². The summed E-state index contributed by atoms with van der Waals surface area (Å²) in [5.41, 5.74) is 13.0. The highest BCUT2D eigenvalue weighted by Gasteiger charge is 2.34. The minimum absolute atomic E-state index is 0.0962. The molecule has 0 amide bonds. The number of likely N-dealkylation sites (tertiary alicyclic amines) is 1. The molecule has 3 N–H and O–H groups in total. The maximum absolute atomic E-state index is 13.5. The lowest BCUT2D eigenvalue weighted by molar-refractivity contribution is -0.0566. The second kappa shape index (κ2) is 8.37. The van der Waals surface area contributed by atoms with Crippen LogP contribution in [0.4, 0.5) is 14.6 Å². The molecule has 0 atom stereocenters. The molecule has 1 aliphatic carbocycles. The van der Waals surface area contributed by atoms with E-state index in [4.69, 9.17) is 5.73 Å². The Morgan fingerprint density at radius 1 is 1.17 bits per heavy atom. The number of piperidine rings is 1. The fourth-order valence-electron chi connectivity index (χ4n) is 5.09. The number of halogens is 2. The van der Waals surface area contributed by atoms with Crippen LogP contribution < -0.4 is 5.73 Å². The van der Waals surface area contributed by atoms with Gasteiger partial charge in [-0.15, -0.1) is 0 Å². The predicted octanol–water partition coefficient (Wildman–Crippen LogP) is 4.69. The minimum Gasteiger partial charge on any atom is -0.383 e. The van der Waals surface area contributed by atoms with Crippen molar-refractivity contribution < 1.29 is 13.6 Å². The van der Waals surface area contributed by atoms with Gasteiger partial charge in [0, 0.05) is 44.5 Å². The smallest absolute Gasteiger partial charge is 0.250 e. The molecule has 0 radical (unpaired) electrons. The Bertz CT molecular complexity index is 1520. The number of alkyl halides is 2. The lowest BCUT2D eigenvalue weighted by Gasteiger charge is -2.31. The molecule has 1 saturated heterocycles. The summed E-state index contributed by atoms with van der Waals surface area (Å²) in [6.07, 6.45) is 3.75. The molecule has 2 aliphatic rings. The van der Waals surface area contributed by atoms with Crippen LogP contribution in [0.3, 0.4) is 0 Å². The van der Waals surface area contributed by atoms with E-state index in [1.165, 1.54) is 6.20 Å². The van der Waals surface area contributed by atoms with Crippen LogP contribution in [0.1, 0.15) is 45.7 Å². The fraction of sp³-hybridized carbons (Fsp3) is 0.296. The Morgan fingerprint density at radius 3 is 2.78 bits per heavy atom. The van der Waals surface area contributed by atoms with E-state index >= 15 is 0 Å². The maximum atomic E-state index is 13.5. The number of aryl methyl sites for hydroxylation is 1. The molecule has 9 heteroatoms. The molecule has 4 aromatic rings. The number of rotatable bonds is 5. The van der Waals surface area contributed by atoms with E-state index in [2.05, 4.69) is 26.0 Å². The number of aromatic amines is 1. The van der Waals surface area contributed by atoms with Gasteiger partial charge < -0.3 is 10.7 Å². The first-order valence-electron chi connectivity index (χ1n) is 12.0. The summed E-state index contributed by atoms with van der Waals surface area (Å²) in [4.78, 5) is 23.0. The number of imidazole rings is 1. The maximum Gasteiger partial charge on any atom is 0.250 e. The zero-order valence-electron chi connectivity index (χ0n) is 19.9. The van der Waals surface area contributed by atoms with Gasteiger partial charge >= 0.3 is 0 Å². The van der Waals surface area contributed by atoms with Crippen molar-refractivity contribution in [1.82, 2.24) is 24.6 Å². The Balaban J connectivity index is 1.20. The SMILES string of the molecule is Cc1nc2ccc(-n3ncc(C(=O)C4=Cc5cc(CN6CCC(F)(F)CC6)ccc5C4)c3N)cc2[nH]1. The number of benzene rings is 2. The van der Waals surface area contributed by atoms with Gasteiger partial charge in [-0.3, -0.25) is 9.69 Å². The largest absolute Gasteiger partial charge is 0.383 e. The summed E-state index contributed by atoms with van der Waals surface area (Å²) in [7, 11) is 0. The van der Waals surface area contributed by atoms with Crippen molar-refractivity contribution >= 4 is 28.7 Å².